The van der Waals surface area contributed by atoms with Gasteiger partial charge < -0.3 is 21.2 Å². The second kappa shape index (κ2) is 10.9. The van der Waals surface area contributed by atoms with Crippen LogP contribution < -0.4 is 20.9 Å². The maximum atomic E-state index is 13.0. The van der Waals surface area contributed by atoms with E-state index in [0.717, 1.165) is 0 Å². The molecule has 0 aliphatic rings. The lowest BCUT2D eigenvalue weighted by molar-refractivity contribution is -0.105. The molecular weight excluding hydrogens is 470 g/mol. The fourth-order valence-electron chi connectivity index (χ4n) is 3.27. The molecule has 0 bridgehead atoms. The van der Waals surface area contributed by atoms with E-state index in [9.17, 15) is 19.2 Å². The Labute approximate surface area is 206 Å². The van der Waals surface area contributed by atoms with Crippen molar-refractivity contribution >= 4 is 47.4 Å². The number of nitrogens with zero attached hydrogens (tertiary/aromatic N) is 7. The van der Waals surface area contributed by atoms with Crippen LogP contribution in [0.15, 0.2) is 60.5 Å². The maximum absolute atomic E-state index is 13.0. The van der Waals surface area contributed by atoms with Gasteiger partial charge in [-0.3, -0.25) is 28.3 Å². The topological polar surface area (TPSA) is 163 Å². The monoisotopic (exact) mass is 497 g/mol. The third-order valence-electron chi connectivity index (χ3n) is 5.44. The molecular formula is C22H27N9O5. The van der Waals surface area contributed by atoms with E-state index >= 15 is 0 Å². The molecule has 0 atom stereocenters. The van der Waals surface area contributed by atoms with Crippen LogP contribution in [0, 0.1) is 0 Å². The number of oxime groups is 1. The van der Waals surface area contributed by atoms with Gasteiger partial charge in [0.05, 0.1) is 17.1 Å². The third-order valence-corrected chi connectivity index (χ3v) is 5.44. The molecule has 4 amide bonds. The van der Waals surface area contributed by atoms with Crippen molar-refractivity contribution in [2.24, 2.45) is 10.9 Å². The SMILES string of the molecule is CN(CCC(N)=NO)C(=O)n1ccc(N(C)C(=O)n2ccc(N(C)C(=O)n3ccc(NC=O)c3)c2)c1. The molecule has 0 saturated carbocycles. The molecule has 14 nitrogen and oxygen atoms in total. The Morgan fingerprint density at radius 1 is 0.917 bits per heavy atom. The van der Waals surface area contributed by atoms with Crippen molar-refractivity contribution in [3.63, 3.8) is 0 Å². The number of nitrogens with one attached hydrogen (secondary N) is 1. The Kier molecular flexibility index (Phi) is 7.79. The van der Waals surface area contributed by atoms with Gasteiger partial charge in [0.1, 0.15) is 5.84 Å². The molecule has 14 heteroatoms. The van der Waals surface area contributed by atoms with E-state index in [1.807, 2.05) is 0 Å². The zero-order valence-corrected chi connectivity index (χ0v) is 20.0. The number of carbonyl (C=O) groups is 4. The second-order valence-corrected chi connectivity index (χ2v) is 7.85. The highest BCUT2D eigenvalue weighted by molar-refractivity contribution is 5.97. The normalized spacial score (nSPS) is 11.1. The van der Waals surface area contributed by atoms with Gasteiger partial charge in [-0.2, -0.15) is 0 Å². The first kappa shape index (κ1) is 25.6. The predicted molar refractivity (Wildman–Crippen MR) is 133 cm³/mol. The summed E-state index contributed by atoms with van der Waals surface area (Å²) in [5.41, 5.74) is 6.86. The zero-order valence-electron chi connectivity index (χ0n) is 20.0. The number of carbonyl (C=O) groups excluding carboxylic acids is 4. The first-order valence-corrected chi connectivity index (χ1v) is 10.7. The third kappa shape index (κ3) is 5.55. The molecule has 4 N–H and O–H groups in total. The van der Waals surface area contributed by atoms with Crippen LogP contribution in [0.4, 0.5) is 31.4 Å². The molecule has 3 heterocycles. The molecule has 190 valence electrons. The van der Waals surface area contributed by atoms with Crippen LogP contribution in [-0.2, 0) is 4.79 Å². The summed E-state index contributed by atoms with van der Waals surface area (Å²) in [4.78, 5) is 53.0. The summed E-state index contributed by atoms with van der Waals surface area (Å²) in [6.45, 7) is 0.243. The smallest absolute Gasteiger partial charge is 0.332 e. The van der Waals surface area contributed by atoms with Crippen molar-refractivity contribution in [2.75, 3.05) is 42.8 Å². The number of amides is 4. The first-order chi connectivity index (χ1) is 17.2. The summed E-state index contributed by atoms with van der Waals surface area (Å²) in [7, 11) is 4.70. The molecule has 0 spiro atoms. The Hall–Kier alpha value is -5.01. The predicted octanol–water partition coefficient (Wildman–Crippen LogP) is 1.90. The highest BCUT2D eigenvalue weighted by Gasteiger charge is 2.20. The van der Waals surface area contributed by atoms with Gasteiger partial charge in [-0.05, 0) is 18.2 Å². The second-order valence-electron chi connectivity index (χ2n) is 7.85. The van der Waals surface area contributed by atoms with Crippen molar-refractivity contribution in [3.05, 3.63) is 55.4 Å². The average molecular weight is 498 g/mol. The lowest BCUT2D eigenvalue weighted by Crippen LogP contribution is -2.33. The van der Waals surface area contributed by atoms with Crippen LogP contribution in [0.2, 0.25) is 0 Å². The summed E-state index contributed by atoms with van der Waals surface area (Å²) >= 11 is 0. The van der Waals surface area contributed by atoms with E-state index in [4.69, 9.17) is 10.9 Å². The number of amidine groups is 1. The van der Waals surface area contributed by atoms with Crippen LogP contribution in [-0.4, -0.2) is 81.8 Å². The van der Waals surface area contributed by atoms with Gasteiger partial charge in [0.2, 0.25) is 6.41 Å². The lowest BCUT2D eigenvalue weighted by atomic mass is 10.4. The molecule has 0 radical (unpaired) electrons. The minimum absolute atomic E-state index is 0.0135. The van der Waals surface area contributed by atoms with Crippen molar-refractivity contribution in [1.29, 1.82) is 0 Å². The molecule has 0 unspecified atom stereocenters. The Bertz CT molecular complexity index is 1290. The zero-order chi connectivity index (χ0) is 26.4. The molecule has 3 rings (SSSR count). The summed E-state index contributed by atoms with van der Waals surface area (Å²) in [5.74, 6) is 0.0135. The Morgan fingerprint density at radius 3 is 1.94 bits per heavy atom. The van der Waals surface area contributed by atoms with Gasteiger partial charge in [0, 0.05) is 71.3 Å². The molecule has 0 fully saturated rings. The maximum Gasteiger partial charge on any atom is 0.332 e. The Balaban J connectivity index is 1.66. The quantitative estimate of drug-likeness (QED) is 0.148. The van der Waals surface area contributed by atoms with Gasteiger partial charge in [0.15, 0.2) is 0 Å². The summed E-state index contributed by atoms with van der Waals surface area (Å²) in [5, 5.41) is 14.0. The van der Waals surface area contributed by atoms with Crippen LogP contribution in [0.25, 0.3) is 0 Å². The van der Waals surface area contributed by atoms with Crippen molar-refractivity contribution in [3.8, 4) is 0 Å². The van der Waals surface area contributed by atoms with Gasteiger partial charge >= 0.3 is 18.1 Å². The minimum Gasteiger partial charge on any atom is -0.409 e. The van der Waals surface area contributed by atoms with Crippen molar-refractivity contribution < 1.29 is 24.4 Å². The Morgan fingerprint density at radius 2 is 1.42 bits per heavy atom. The van der Waals surface area contributed by atoms with Gasteiger partial charge in [-0.1, -0.05) is 5.16 Å². The number of nitrogens with two attached hydrogens (primary N) is 1. The summed E-state index contributed by atoms with van der Waals surface area (Å²) < 4.78 is 3.94. The number of aromatic nitrogens is 3. The van der Waals surface area contributed by atoms with Crippen LogP contribution >= 0.6 is 0 Å². The van der Waals surface area contributed by atoms with Crippen LogP contribution in [0.5, 0.6) is 0 Å². The molecule has 0 saturated heterocycles. The number of anilines is 3. The molecule has 3 aromatic heterocycles. The van der Waals surface area contributed by atoms with E-state index in [0.29, 0.717) is 23.5 Å². The van der Waals surface area contributed by atoms with Crippen molar-refractivity contribution in [2.45, 2.75) is 6.42 Å². The van der Waals surface area contributed by atoms with E-state index in [1.54, 1.807) is 39.3 Å². The van der Waals surface area contributed by atoms with Crippen LogP contribution in [0.3, 0.4) is 0 Å². The van der Waals surface area contributed by atoms with E-state index in [-0.39, 0.29) is 30.9 Å². The molecule has 0 aliphatic heterocycles. The highest BCUT2D eigenvalue weighted by atomic mass is 16.4. The largest absolute Gasteiger partial charge is 0.409 e. The lowest BCUT2D eigenvalue weighted by Gasteiger charge is -2.18. The van der Waals surface area contributed by atoms with Gasteiger partial charge in [0.25, 0.3) is 0 Å². The number of rotatable bonds is 7. The fourth-order valence-corrected chi connectivity index (χ4v) is 3.27. The van der Waals surface area contributed by atoms with E-state index in [2.05, 4.69) is 10.5 Å². The highest BCUT2D eigenvalue weighted by Crippen LogP contribution is 2.19. The standard InChI is InChI=1S/C22H27N9O5/c1-26(8-7-19(23)25-36)20(33)30-10-5-17(13-30)28(3)22(35)31-11-6-18(14-31)27(2)21(34)29-9-4-16(12-29)24-15-32/h4-6,9-15,36H,7-8H2,1-3H3,(H2,23,25)(H,24,32). The van der Waals surface area contributed by atoms with E-state index < -0.39 is 6.03 Å². The van der Waals surface area contributed by atoms with Gasteiger partial charge in [-0.15, -0.1) is 0 Å². The summed E-state index contributed by atoms with van der Waals surface area (Å²) in [6, 6.07) is 3.66. The van der Waals surface area contributed by atoms with E-state index in [1.165, 1.54) is 65.6 Å². The molecule has 0 aliphatic carbocycles. The first-order valence-electron chi connectivity index (χ1n) is 10.7. The van der Waals surface area contributed by atoms with Crippen LogP contribution in [0.1, 0.15) is 6.42 Å². The molecule has 36 heavy (non-hydrogen) atoms. The molecule has 3 aromatic rings. The number of hydrogen-bond acceptors (Lipinski definition) is 6. The average Bonchev–Trinajstić information content (AvgIpc) is 3.65. The fraction of sp³-hybridized carbons (Fsp3) is 0.227. The van der Waals surface area contributed by atoms with Gasteiger partial charge in [-0.25, -0.2) is 14.4 Å². The van der Waals surface area contributed by atoms with Crippen molar-refractivity contribution in [1.82, 2.24) is 18.6 Å². The molecule has 0 aromatic carbocycles. The summed E-state index contributed by atoms with van der Waals surface area (Å²) in [6.07, 6.45) is 9.78. The number of hydrogen-bond donors (Lipinski definition) is 3. The minimum atomic E-state index is -0.411.